The SMILES string of the molecule is CC(C)[C@H](NS(=O)(=O)c1ccc2c(c1)OCCCO2)C(=O)N1C[C@@H](C)O[C@H](C)C1. The lowest BCUT2D eigenvalue weighted by Crippen LogP contribution is -2.56. The largest absolute Gasteiger partial charge is 0.490 e. The van der Waals surface area contributed by atoms with E-state index in [0.717, 1.165) is 6.42 Å². The van der Waals surface area contributed by atoms with Crippen molar-refractivity contribution in [1.82, 2.24) is 9.62 Å². The van der Waals surface area contributed by atoms with E-state index in [9.17, 15) is 13.2 Å². The van der Waals surface area contributed by atoms with Crippen molar-refractivity contribution in [1.29, 1.82) is 0 Å². The van der Waals surface area contributed by atoms with Crippen molar-refractivity contribution < 1.29 is 27.4 Å². The van der Waals surface area contributed by atoms with Crippen molar-refractivity contribution in [3.8, 4) is 11.5 Å². The second kappa shape index (κ2) is 8.89. The Hall–Kier alpha value is -1.84. The fourth-order valence-electron chi connectivity index (χ4n) is 3.57. The molecule has 0 aliphatic carbocycles. The van der Waals surface area contributed by atoms with E-state index in [0.29, 0.717) is 37.8 Å². The molecule has 1 fully saturated rings. The summed E-state index contributed by atoms with van der Waals surface area (Å²) < 4.78 is 45.5. The minimum Gasteiger partial charge on any atom is -0.490 e. The minimum absolute atomic E-state index is 0.0453. The van der Waals surface area contributed by atoms with Gasteiger partial charge in [-0.05, 0) is 31.9 Å². The van der Waals surface area contributed by atoms with Gasteiger partial charge in [0.2, 0.25) is 15.9 Å². The summed E-state index contributed by atoms with van der Waals surface area (Å²) in [6.07, 6.45) is 0.553. The first-order chi connectivity index (χ1) is 13.7. The molecule has 9 heteroatoms. The molecule has 1 aromatic rings. The quantitative estimate of drug-likeness (QED) is 0.771. The molecule has 0 radical (unpaired) electrons. The van der Waals surface area contributed by atoms with E-state index >= 15 is 0 Å². The maximum Gasteiger partial charge on any atom is 0.241 e. The Bertz CT molecular complexity index is 831. The van der Waals surface area contributed by atoms with E-state index in [-0.39, 0.29) is 28.9 Å². The van der Waals surface area contributed by atoms with Crippen molar-refractivity contribution in [2.24, 2.45) is 5.92 Å². The second-order valence-electron chi connectivity index (χ2n) is 8.00. The summed E-state index contributed by atoms with van der Waals surface area (Å²) in [5.41, 5.74) is 0. The molecule has 2 aliphatic rings. The molecule has 3 atom stereocenters. The van der Waals surface area contributed by atoms with E-state index in [1.54, 1.807) is 11.0 Å². The van der Waals surface area contributed by atoms with Crippen molar-refractivity contribution in [2.45, 2.75) is 57.3 Å². The molecule has 0 aromatic heterocycles. The molecule has 2 heterocycles. The van der Waals surface area contributed by atoms with Crippen molar-refractivity contribution in [3.05, 3.63) is 18.2 Å². The van der Waals surface area contributed by atoms with Gasteiger partial charge in [-0.25, -0.2) is 8.42 Å². The van der Waals surface area contributed by atoms with E-state index < -0.39 is 16.1 Å². The minimum atomic E-state index is -3.92. The number of nitrogens with one attached hydrogen (secondary N) is 1. The standard InChI is InChI=1S/C20H30N2O6S/c1-13(2)19(20(23)22-11-14(3)28-15(4)12-22)21-29(24,25)16-6-7-17-18(10-16)27-9-5-8-26-17/h6-7,10,13-15,19,21H,5,8-9,11-12H2,1-4H3/t14-,15-,19+/m1/s1. The first-order valence-electron chi connectivity index (χ1n) is 10.0. The number of fused-ring (bicyclic) bond motifs is 1. The van der Waals surface area contributed by atoms with Crippen molar-refractivity contribution in [2.75, 3.05) is 26.3 Å². The zero-order chi connectivity index (χ0) is 21.2. The van der Waals surface area contributed by atoms with Crippen LogP contribution >= 0.6 is 0 Å². The van der Waals surface area contributed by atoms with Crippen LogP contribution in [-0.4, -0.2) is 63.8 Å². The Labute approximate surface area is 172 Å². The van der Waals surface area contributed by atoms with Crippen LogP contribution in [0.2, 0.25) is 0 Å². The fraction of sp³-hybridized carbons (Fsp3) is 0.650. The summed E-state index contributed by atoms with van der Waals surface area (Å²) in [6.45, 7) is 9.33. The van der Waals surface area contributed by atoms with Gasteiger partial charge in [-0.1, -0.05) is 13.8 Å². The topological polar surface area (TPSA) is 94.2 Å². The van der Waals surface area contributed by atoms with E-state index in [2.05, 4.69) is 4.72 Å². The first-order valence-corrected chi connectivity index (χ1v) is 11.5. The van der Waals surface area contributed by atoms with Gasteiger partial charge >= 0.3 is 0 Å². The Morgan fingerprint density at radius 2 is 1.72 bits per heavy atom. The molecule has 8 nitrogen and oxygen atoms in total. The Morgan fingerprint density at radius 1 is 1.10 bits per heavy atom. The fourth-order valence-corrected chi connectivity index (χ4v) is 4.92. The smallest absolute Gasteiger partial charge is 0.241 e. The van der Waals surface area contributed by atoms with Gasteiger partial charge in [0.05, 0.1) is 30.3 Å². The van der Waals surface area contributed by atoms with E-state index in [1.807, 2.05) is 27.7 Å². The molecular weight excluding hydrogens is 396 g/mol. The number of hydrogen-bond donors (Lipinski definition) is 1. The van der Waals surface area contributed by atoms with Crippen LogP contribution in [0.25, 0.3) is 0 Å². The summed E-state index contributed by atoms with van der Waals surface area (Å²) >= 11 is 0. The molecule has 1 saturated heterocycles. The maximum absolute atomic E-state index is 13.1. The van der Waals surface area contributed by atoms with Gasteiger partial charge in [0.15, 0.2) is 11.5 Å². The third-order valence-corrected chi connectivity index (χ3v) is 6.41. The summed E-state index contributed by atoms with van der Waals surface area (Å²) in [6, 6.07) is 3.64. The lowest BCUT2D eigenvalue weighted by atomic mass is 10.0. The highest BCUT2D eigenvalue weighted by molar-refractivity contribution is 7.89. The molecule has 1 N–H and O–H groups in total. The predicted molar refractivity (Wildman–Crippen MR) is 108 cm³/mol. The lowest BCUT2D eigenvalue weighted by molar-refractivity contribution is -0.145. The van der Waals surface area contributed by atoms with Crippen LogP contribution in [0.15, 0.2) is 23.1 Å². The number of amides is 1. The highest BCUT2D eigenvalue weighted by Gasteiger charge is 2.35. The Balaban J connectivity index is 1.80. The Kier molecular flexibility index (Phi) is 6.70. The monoisotopic (exact) mass is 426 g/mol. The number of nitrogens with zero attached hydrogens (tertiary/aromatic N) is 1. The lowest BCUT2D eigenvalue weighted by Gasteiger charge is -2.38. The van der Waals surface area contributed by atoms with Crippen molar-refractivity contribution >= 4 is 15.9 Å². The molecule has 1 amide bonds. The van der Waals surface area contributed by atoms with Crippen LogP contribution in [-0.2, 0) is 19.6 Å². The molecule has 2 aliphatic heterocycles. The molecule has 0 bridgehead atoms. The molecule has 0 saturated carbocycles. The molecule has 0 unspecified atom stereocenters. The average molecular weight is 427 g/mol. The maximum atomic E-state index is 13.1. The van der Waals surface area contributed by atoms with Gasteiger partial charge in [0.25, 0.3) is 0 Å². The van der Waals surface area contributed by atoms with Crippen LogP contribution in [0.1, 0.15) is 34.1 Å². The third kappa shape index (κ3) is 5.21. The molecule has 0 spiro atoms. The van der Waals surface area contributed by atoms with Gasteiger partial charge < -0.3 is 19.1 Å². The molecule has 29 heavy (non-hydrogen) atoms. The van der Waals surface area contributed by atoms with E-state index in [4.69, 9.17) is 14.2 Å². The summed E-state index contributed by atoms with van der Waals surface area (Å²) in [7, 11) is -3.92. The van der Waals surface area contributed by atoms with Gasteiger partial charge in [-0.3, -0.25) is 4.79 Å². The number of carbonyl (C=O) groups is 1. The van der Waals surface area contributed by atoms with Gasteiger partial charge in [0, 0.05) is 25.6 Å². The van der Waals surface area contributed by atoms with E-state index in [1.165, 1.54) is 12.1 Å². The number of morpholine rings is 1. The number of sulfonamides is 1. The number of ether oxygens (including phenoxy) is 3. The zero-order valence-electron chi connectivity index (χ0n) is 17.4. The van der Waals surface area contributed by atoms with Gasteiger partial charge in [0.1, 0.15) is 6.04 Å². The van der Waals surface area contributed by atoms with Crippen molar-refractivity contribution in [3.63, 3.8) is 0 Å². The average Bonchev–Trinajstić information content (AvgIpc) is 2.89. The predicted octanol–water partition coefficient (Wildman–Crippen LogP) is 1.79. The molecule has 162 valence electrons. The van der Waals surface area contributed by atoms with Gasteiger partial charge in [-0.2, -0.15) is 4.72 Å². The second-order valence-corrected chi connectivity index (χ2v) is 9.72. The van der Waals surface area contributed by atoms with Crippen LogP contribution in [0.5, 0.6) is 11.5 Å². The summed E-state index contributed by atoms with van der Waals surface area (Å²) in [5.74, 6) is 0.467. The highest BCUT2D eigenvalue weighted by atomic mass is 32.2. The molecule has 1 aromatic carbocycles. The molecule has 3 rings (SSSR count). The van der Waals surface area contributed by atoms with Gasteiger partial charge in [-0.15, -0.1) is 0 Å². The number of rotatable bonds is 5. The normalized spacial score (nSPS) is 23.6. The first kappa shape index (κ1) is 21.9. The van der Waals surface area contributed by atoms with Crippen LogP contribution in [0.3, 0.4) is 0 Å². The van der Waals surface area contributed by atoms with Crippen LogP contribution in [0, 0.1) is 5.92 Å². The van der Waals surface area contributed by atoms with Crippen LogP contribution in [0.4, 0.5) is 0 Å². The number of carbonyl (C=O) groups excluding carboxylic acids is 1. The van der Waals surface area contributed by atoms with Crippen LogP contribution < -0.4 is 14.2 Å². The number of hydrogen-bond acceptors (Lipinski definition) is 6. The Morgan fingerprint density at radius 3 is 2.34 bits per heavy atom. The highest BCUT2D eigenvalue weighted by Crippen LogP contribution is 2.32. The molecular formula is C20H30N2O6S. The number of benzene rings is 1. The summed E-state index contributed by atoms with van der Waals surface area (Å²) in [5, 5.41) is 0. The third-order valence-electron chi connectivity index (χ3n) is 4.98. The zero-order valence-corrected chi connectivity index (χ0v) is 18.2. The summed E-state index contributed by atoms with van der Waals surface area (Å²) in [4.78, 5) is 14.8.